The normalized spacial score (nSPS) is 16.0. The van der Waals surface area contributed by atoms with E-state index in [1.807, 2.05) is 18.2 Å². The van der Waals surface area contributed by atoms with E-state index in [1.54, 1.807) is 6.07 Å². The van der Waals surface area contributed by atoms with Gasteiger partial charge < -0.3 is 4.98 Å². The van der Waals surface area contributed by atoms with Crippen molar-refractivity contribution in [2.24, 2.45) is 0 Å². The van der Waals surface area contributed by atoms with Crippen LogP contribution in [0.25, 0.3) is 10.8 Å². The topological polar surface area (TPSA) is 32.9 Å². The van der Waals surface area contributed by atoms with Crippen LogP contribution < -0.4 is 5.56 Å². The van der Waals surface area contributed by atoms with Crippen LogP contribution >= 0.6 is 0 Å². The lowest BCUT2D eigenvalue weighted by atomic mass is 10.1. The van der Waals surface area contributed by atoms with Crippen LogP contribution in [-0.4, -0.2) is 4.98 Å². The van der Waals surface area contributed by atoms with E-state index in [0.29, 0.717) is 5.92 Å². The van der Waals surface area contributed by atoms with Crippen molar-refractivity contribution in [3.8, 4) is 0 Å². The number of aromatic nitrogens is 1. The first-order chi connectivity index (χ1) is 6.84. The Bertz CT molecular complexity index is 537. The number of nitrogens with one attached hydrogen (secondary N) is 1. The van der Waals surface area contributed by atoms with Crippen LogP contribution in [0.4, 0.5) is 0 Å². The molecule has 0 unspecified atom stereocenters. The number of H-pyrrole nitrogens is 1. The van der Waals surface area contributed by atoms with Gasteiger partial charge in [-0.15, -0.1) is 0 Å². The smallest absolute Gasteiger partial charge is 0.248 e. The molecule has 1 aliphatic rings. The number of fused-ring (bicyclic) bond motifs is 1. The number of pyridine rings is 1. The first-order valence-electron chi connectivity index (χ1n) is 4.96. The Balaban J connectivity index is 2.40. The van der Waals surface area contributed by atoms with Crippen molar-refractivity contribution in [2.45, 2.75) is 18.8 Å². The van der Waals surface area contributed by atoms with Gasteiger partial charge in [-0.3, -0.25) is 4.79 Å². The average Bonchev–Trinajstić information content (AvgIpc) is 2.99. The van der Waals surface area contributed by atoms with Crippen LogP contribution in [0.3, 0.4) is 0 Å². The fraction of sp³-hybridized carbons (Fsp3) is 0.250. The maximum atomic E-state index is 11.4. The summed E-state index contributed by atoms with van der Waals surface area (Å²) in [5, 5.41) is 2.26. The molecule has 3 rings (SSSR count). The SMILES string of the molecule is O=c1cc2ccccc2c(C2CC2)[nH]1. The van der Waals surface area contributed by atoms with Gasteiger partial charge in [0.1, 0.15) is 0 Å². The summed E-state index contributed by atoms with van der Waals surface area (Å²) < 4.78 is 0. The predicted octanol–water partition coefficient (Wildman–Crippen LogP) is 2.41. The van der Waals surface area contributed by atoms with E-state index in [1.165, 1.54) is 18.2 Å². The van der Waals surface area contributed by atoms with E-state index in [2.05, 4.69) is 11.1 Å². The zero-order valence-corrected chi connectivity index (χ0v) is 7.79. The molecule has 2 heteroatoms. The lowest BCUT2D eigenvalue weighted by molar-refractivity contribution is 1.02. The average molecular weight is 185 g/mol. The molecule has 0 radical (unpaired) electrons. The number of aromatic amines is 1. The summed E-state index contributed by atoms with van der Waals surface area (Å²) in [6.45, 7) is 0. The van der Waals surface area contributed by atoms with Gasteiger partial charge in [-0.1, -0.05) is 24.3 Å². The van der Waals surface area contributed by atoms with Crippen molar-refractivity contribution >= 4 is 10.8 Å². The van der Waals surface area contributed by atoms with Gasteiger partial charge in [0, 0.05) is 17.1 Å². The lowest BCUT2D eigenvalue weighted by Crippen LogP contribution is -2.07. The highest BCUT2D eigenvalue weighted by molar-refractivity contribution is 5.84. The first-order valence-corrected chi connectivity index (χ1v) is 4.96. The van der Waals surface area contributed by atoms with Crippen molar-refractivity contribution < 1.29 is 0 Å². The van der Waals surface area contributed by atoms with Gasteiger partial charge in [0.25, 0.3) is 0 Å². The molecule has 14 heavy (non-hydrogen) atoms. The Morgan fingerprint density at radius 3 is 2.79 bits per heavy atom. The summed E-state index contributed by atoms with van der Waals surface area (Å²) in [7, 11) is 0. The van der Waals surface area contributed by atoms with Gasteiger partial charge in [0.05, 0.1) is 0 Å². The molecule has 1 aromatic heterocycles. The highest BCUT2D eigenvalue weighted by Gasteiger charge is 2.26. The number of hydrogen-bond donors (Lipinski definition) is 1. The van der Waals surface area contributed by atoms with Crippen LogP contribution in [0.1, 0.15) is 24.5 Å². The summed E-state index contributed by atoms with van der Waals surface area (Å²) in [6, 6.07) is 9.74. The second kappa shape index (κ2) is 2.71. The molecule has 0 saturated heterocycles. The molecule has 1 N–H and O–H groups in total. The summed E-state index contributed by atoms with van der Waals surface area (Å²) in [4.78, 5) is 14.3. The Morgan fingerprint density at radius 2 is 2.00 bits per heavy atom. The largest absolute Gasteiger partial charge is 0.325 e. The Kier molecular flexibility index (Phi) is 1.51. The summed E-state index contributed by atoms with van der Waals surface area (Å²) in [5.41, 5.74) is 1.15. The van der Waals surface area contributed by atoms with Crippen molar-refractivity contribution in [1.82, 2.24) is 4.98 Å². The van der Waals surface area contributed by atoms with E-state index in [9.17, 15) is 4.79 Å². The second-order valence-corrected chi connectivity index (χ2v) is 3.91. The molecule has 1 aromatic carbocycles. The third-order valence-electron chi connectivity index (χ3n) is 2.78. The fourth-order valence-corrected chi connectivity index (χ4v) is 1.94. The minimum Gasteiger partial charge on any atom is -0.325 e. The monoisotopic (exact) mass is 185 g/mol. The maximum Gasteiger partial charge on any atom is 0.248 e. The standard InChI is InChI=1S/C12H11NO/c14-11-7-9-3-1-2-4-10(9)12(13-11)8-5-6-8/h1-4,7-8H,5-6H2,(H,13,14). The molecule has 0 atom stereocenters. The van der Waals surface area contributed by atoms with Crippen molar-refractivity contribution in [2.75, 3.05) is 0 Å². The quantitative estimate of drug-likeness (QED) is 0.727. The number of rotatable bonds is 1. The van der Waals surface area contributed by atoms with Crippen LogP contribution in [0, 0.1) is 0 Å². The molecular formula is C12H11NO. The van der Waals surface area contributed by atoms with Gasteiger partial charge in [0.15, 0.2) is 0 Å². The molecule has 0 aliphatic heterocycles. The van der Waals surface area contributed by atoms with Crippen LogP contribution in [0.2, 0.25) is 0 Å². The van der Waals surface area contributed by atoms with E-state index >= 15 is 0 Å². The third kappa shape index (κ3) is 1.15. The van der Waals surface area contributed by atoms with Crippen LogP contribution in [-0.2, 0) is 0 Å². The third-order valence-corrected chi connectivity index (χ3v) is 2.78. The van der Waals surface area contributed by atoms with E-state index in [4.69, 9.17) is 0 Å². The van der Waals surface area contributed by atoms with E-state index < -0.39 is 0 Å². The molecule has 0 bridgehead atoms. The van der Waals surface area contributed by atoms with Crippen molar-refractivity contribution in [3.63, 3.8) is 0 Å². The molecule has 0 spiro atoms. The first kappa shape index (κ1) is 7.80. The Hall–Kier alpha value is -1.57. The lowest BCUT2D eigenvalue weighted by Gasteiger charge is -2.03. The van der Waals surface area contributed by atoms with E-state index in [0.717, 1.165) is 11.1 Å². The van der Waals surface area contributed by atoms with E-state index in [-0.39, 0.29) is 5.56 Å². The Morgan fingerprint density at radius 1 is 1.21 bits per heavy atom. The number of hydrogen-bond acceptors (Lipinski definition) is 1. The zero-order valence-electron chi connectivity index (χ0n) is 7.79. The highest BCUT2D eigenvalue weighted by atomic mass is 16.1. The molecule has 0 amide bonds. The molecular weight excluding hydrogens is 174 g/mol. The van der Waals surface area contributed by atoms with Gasteiger partial charge >= 0.3 is 0 Å². The molecule has 2 nitrogen and oxygen atoms in total. The minimum atomic E-state index is 0.0191. The predicted molar refractivity (Wildman–Crippen MR) is 56.5 cm³/mol. The van der Waals surface area contributed by atoms with Gasteiger partial charge in [0.2, 0.25) is 5.56 Å². The summed E-state index contributed by atoms with van der Waals surface area (Å²) in [5.74, 6) is 0.591. The highest BCUT2D eigenvalue weighted by Crippen LogP contribution is 2.41. The van der Waals surface area contributed by atoms with Crippen LogP contribution in [0.15, 0.2) is 35.1 Å². The molecule has 1 heterocycles. The number of benzene rings is 1. The summed E-state index contributed by atoms with van der Waals surface area (Å²) >= 11 is 0. The molecule has 1 aliphatic carbocycles. The molecule has 2 aromatic rings. The fourth-order valence-electron chi connectivity index (χ4n) is 1.94. The van der Waals surface area contributed by atoms with Gasteiger partial charge in [-0.25, -0.2) is 0 Å². The molecule has 70 valence electrons. The summed E-state index contributed by atoms with van der Waals surface area (Å²) in [6.07, 6.45) is 2.42. The molecule has 1 saturated carbocycles. The maximum absolute atomic E-state index is 11.4. The van der Waals surface area contributed by atoms with Gasteiger partial charge in [-0.05, 0) is 24.1 Å². The second-order valence-electron chi connectivity index (χ2n) is 3.91. The van der Waals surface area contributed by atoms with Gasteiger partial charge in [-0.2, -0.15) is 0 Å². The van der Waals surface area contributed by atoms with Crippen molar-refractivity contribution in [1.29, 1.82) is 0 Å². The minimum absolute atomic E-state index is 0.0191. The van der Waals surface area contributed by atoms with Crippen molar-refractivity contribution in [3.05, 3.63) is 46.4 Å². The molecule has 1 fully saturated rings. The Labute approximate surface area is 81.6 Å². The zero-order chi connectivity index (χ0) is 9.54. The van der Waals surface area contributed by atoms with Crippen LogP contribution in [0.5, 0.6) is 0 Å².